The van der Waals surface area contributed by atoms with Crippen LogP contribution in [0.15, 0.2) is 48.3 Å². The van der Waals surface area contributed by atoms with E-state index in [4.69, 9.17) is 4.74 Å². The zero-order valence-electron chi connectivity index (χ0n) is 11.1. The highest BCUT2D eigenvalue weighted by Crippen LogP contribution is 2.28. The molecule has 19 heavy (non-hydrogen) atoms. The molecule has 2 heteroatoms. The first-order valence-corrected chi connectivity index (χ1v) is 6.60. The molecule has 0 saturated heterocycles. The SMILES string of the molecule is COc1ccc2c(c1)CCC(Cc1ccncc1)=C2. The van der Waals surface area contributed by atoms with E-state index in [0.717, 1.165) is 25.0 Å². The van der Waals surface area contributed by atoms with Crippen LogP contribution in [0, 0.1) is 0 Å². The van der Waals surface area contributed by atoms with Gasteiger partial charge in [-0.3, -0.25) is 4.98 Å². The van der Waals surface area contributed by atoms with Crippen LogP contribution in [-0.2, 0) is 12.8 Å². The molecule has 1 heterocycles. The van der Waals surface area contributed by atoms with E-state index in [1.807, 2.05) is 18.5 Å². The smallest absolute Gasteiger partial charge is 0.119 e. The molecule has 0 amide bonds. The van der Waals surface area contributed by atoms with Crippen LogP contribution < -0.4 is 4.74 Å². The number of fused-ring (bicyclic) bond motifs is 1. The zero-order chi connectivity index (χ0) is 13.1. The normalized spacial score (nSPS) is 13.6. The van der Waals surface area contributed by atoms with Crippen molar-refractivity contribution in [2.45, 2.75) is 19.3 Å². The molecule has 0 fully saturated rings. The summed E-state index contributed by atoms with van der Waals surface area (Å²) in [7, 11) is 1.72. The molecule has 0 unspecified atom stereocenters. The molecule has 0 aliphatic heterocycles. The van der Waals surface area contributed by atoms with Crippen LogP contribution in [0.1, 0.15) is 23.1 Å². The third-order valence-corrected chi connectivity index (χ3v) is 3.61. The number of aryl methyl sites for hydroxylation is 1. The number of hydrogen-bond donors (Lipinski definition) is 0. The van der Waals surface area contributed by atoms with E-state index < -0.39 is 0 Å². The summed E-state index contributed by atoms with van der Waals surface area (Å²) in [5.74, 6) is 0.949. The number of aromatic nitrogens is 1. The van der Waals surface area contributed by atoms with E-state index in [1.54, 1.807) is 7.11 Å². The molecular weight excluding hydrogens is 234 g/mol. The number of hydrogen-bond acceptors (Lipinski definition) is 2. The van der Waals surface area contributed by atoms with Gasteiger partial charge in [0.15, 0.2) is 0 Å². The lowest BCUT2D eigenvalue weighted by atomic mass is 9.89. The molecule has 3 rings (SSSR count). The highest BCUT2D eigenvalue weighted by molar-refractivity contribution is 5.61. The van der Waals surface area contributed by atoms with Gasteiger partial charge in [-0.15, -0.1) is 0 Å². The minimum atomic E-state index is 0.949. The summed E-state index contributed by atoms with van der Waals surface area (Å²) in [5.41, 5.74) is 5.54. The maximum Gasteiger partial charge on any atom is 0.119 e. The second-order valence-corrected chi connectivity index (χ2v) is 4.90. The molecule has 0 radical (unpaired) electrons. The van der Waals surface area contributed by atoms with E-state index in [1.165, 1.54) is 22.3 Å². The monoisotopic (exact) mass is 251 g/mol. The fraction of sp³-hybridized carbons (Fsp3) is 0.235. The molecule has 1 aromatic carbocycles. The number of nitrogens with zero attached hydrogens (tertiary/aromatic N) is 1. The molecule has 0 bridgehead atoms. The molecule has 2 nitrogen and oxygen atoms in total. The van der Waals surface area contributed by atoms with Crippen molar-refractivity contribution in [2.75, 3.05) is 7.11 Å². The van der Waals surface area contributed by atoms with Crippen molar-refractivity contribution in [3.63, 3.8) is 0 Å². The first kappa shape index (κ1) is 12.0. The second kappa shape index (κ2) is 5.27. The van der Waals surface area contributed by atoms with Crippen LogP contribution in [0.3, 0.4) is 0 Å². The summed E-state index contributed by atoms with van der Waals surface area (Å²) in [5, 5.41) is 0. The van der Waals surface area contributed by atoms with Gasteiger partial charge in [-0.25, -0.2) is 0 Å². The third-order valence-electron chi connectivity index (χ3n) is 3.61. The molecule has 0 spiro atoms. The Hall–Kier alpha value is -2.09. The topological polar surface area (TPSA) is 22.1 Å². The lowest BCUT2D eigenvalue weighted by molar-refractivity contribution is 0.414. The molecule has 0 saturated carbocycles. The van der Waals surface area contributed by atoms with Crippen LogP contribution in [0.5, 0.6) is 5.75 Å². The van der Waals surface area contributed by atoms with Gasteiger partial charge in [-0.05, 0) is 60.2 Å². The lowest BCUT2D eigenvalue weighted by Gasteiger charge is -2.17. The number of pyridine rings is 1. The van der Waals surface area contributed by atoms with Gasteiger partial charge >= 0.3 is 0 Å². The Morgan fingerprint density at radius 2 is 1.95 bits per heavy atom. The minimum absolute atomic E-state index is 0.949. The third kappa shape index (κ3) is 2.68. The molecule has 2 aromatic rings. The summed E-state index contributed by atoms with van der Waals surface area (Å²) in [6.07, 6.45) is 9.29. The Labute approximate surface area is 113 Å². The van der Waals surface area contributed by atoms with Crippen molar-refractivity contribution >= 4 is 6.08 Å². The van der Waals surface area contributed by atoms with E-state index in [9.17, 15) is 0 Å². The predicted octanol–water partition coefficient (Wildman–Crippen LogP) is 3.66. The van der Waals surface area contributed by atoms with Gasteiger partial charge in [0.05, 0.1) is 7.11 Å². The minimum Gasteiger partial charge on any atom is -0.497 e. The molecule has 1 aliphatic rings. The highest BCUT2D eigenvalue weighted by Gasteiger charge is 2.11. The largest absolute Gasteiger partial charge is 0.497 e. The Bertz CT molecular complexity index is 602. The van der Waals surface area contributed by atoms with Gasteiger partial charge in [0, 0.05) is 12.4 Å². The van der Waals surface area contributed by atoms with Crippen molar-refractivity contribution in [2.24, 2.45) is 0 Å². The average molecular weight is 251 g/mol. The van der Waals surface area contributed by atoms with Gasteiger partial charge in [0.1, 0.15) is 5.75 Å². The average Bonchev–Trinajstić information content (AvgIpc) is 2.48. The Morgan fingerprint density at radius 1 is 1.11 bits per heavy atom. The van der Waals surface area contributed by atoms with Gasteiger partial charge in [-0.1, -0.05) is 17.7 Å². The maximum absolute atomic E-state index is 5.28. The number of allylic oxidation sites excluding steroid dienone is 1. The van der Waals surface area contributed by atoms with Gasteiger partial charge < -0.3 is 4.74 Å². The van der Waals surface area contributed by atoms with Crippen LogP contribution in [-0.4, -0.2) is 12.1 Å². The summed E-state index contributed by atoms with van der Waals surface area (Å²) < 4.78 is 5.28. The van der Waals surface area contributed by atoms with Crippen LogP contribution >= 0.6 is 0 Å². The molecule has 96 valence electrons. The summed E-state index contributed by atoms with van der Waals surface area (Å²) in [6, 6.07) is 10.5. The lowest BCUT2D eigenvalue weighted by Crippen LogP contribution is -2.02. The highest BCUT2D eigenvalue weighted by atomic mass is 16.5. The van der Waals surface area contributed by atoms with Crippen molar-refractivity contribution in [1.82, 2.24) is 4.98 Å². The Morgan fingerprint density at radius 3 is 2.74 bits per heavy atom. The van der Waals surface area contributed by atoms with Gasteiger partial charge in [0.2, 0.25) is 0 Å². The summed E-state index contributed by atoms with van der Waals surface area (Å²) in [6.45, 7) is 0. The molecule has 1 aliphatic carbocycles. The fourth-order valence-electron chi connectivity index (χ4n) is 2.56. The van der Waals surface area contributed by atoms with E-state index in [-0.39, 0.29) is 0 Å². The molecule has 0 N–H and O–H groups in total. The van der Waals surface area contributed by atoms with Crippen LogP contribution in [0.2, 0.25) is 0 Å². The molecule has 1 aromatic heterocycles. The summed E-state index contributed by atoms with van der Waals surface area (Å²) >= 11 is 0. The zero-order valence-corrected chi connectivity index (χ0v) is 11.1. The van der Waals surface area contributed by atoms with E-state index in [2.05, 4.69) is 35.3 Å². The second-order valence-electron chi connectivity index (χ2n) is 4.90. The van der Waals surface area contributed by atoms with Crippen molar-refractivity contribution in [3.8, 4) is 5.75 Å². The molecule has 0 atom stereocenters. The van der Waals surface area contributed by atoms with E-state index >= 15 is 0 Å². The Kier molecular flexibility index (Phi) is 3.32. The van der Waals surface area contributed by atoms with Crippen molar-refractivity contribution in [3.05, 3.63) is 65.0 Å². The Balaban J connectivity index is 1.83. The molecular formula is C17H17NO. The number of benzene rings is 1. The van der Waals surface area contributed by atoms with Crippen molar-refractivity contribution < 1.29 is 4.74 Å². The van der Waals surface area contributed by atoms with Crippen LogP contribution in [0.25, 0.3) is 6.08 Å². The summed E-state index contributed by atoms with van der Waals surface area (Å²) in [4.78, 5) is 4.06. The number of methoxy groups -OCH3 is 1. The number of rotatable bonds is 3. The van der Waals surface area contributed by atoms with Crippen LogP contribution in [0.4, 0.5) is 0 Å². The predicted molar refractivity (Wildman–Crippen MR) is 77.2 cm³/mol. The number of ether oxygens (including phenoxy) is 1. The first-order chi connectivity index (χ1) is 9.35. The van der Waals surface area contributed by atoms with Gasteiger partial charge in [-0.2, -0.15) is 0 Å². The maximum atomic E-state index is 5.28. The van der Waals surface area contributed by atoms with Gasteiger partial charge in [0.25, 0.3) is 0 Å². The van der Waals surface area contributed by atoms with E-state index in [0.29, 0.717) is 0 Å². The standard InChI is InChI=1S/C17H17NO/c1-19-17-5-4-15-11-14(2-3-16(15)12-17)10-13-6-8-18-9-7-13/h4-9,11-12H,2-3,10H2,1H3. The van der Waals surface area contributed by atoms with Crippen molar-refractivity contribution in [1.29, 1.82) is 0 Å². The fourth-order valence-corrected chi connectivity index (χ4v) is 2.56. The first-order valence-electron chi connectivity index (χ1n) is 6.60. The quantitative estimate of drug-likeness (QED) is 0.830.